The number of anilines is 1. The van der Waals surface area contributed by atoms with Crippen LogP contribution in [-0.2, 0) is 4.79 Å². The van der Waals surface area contributed by atoms with E-state index in [1.807, 2.05) is 38.1 Å². The molecule has 7 nitrogen and oxygen atoms in total. The molecule has 0 aliphatic carbocycles. The van der Waals surface area contributed by atoms with Crippen molar-refractivity contribution in [1.82, 2.24) is 25.5 Å². The van der Waals surface area contributed by atoms with E-state index in [1.54, 1.807) is 4.68 Å². The van der Waals surface area contributed by atoms with Gasteiger partial charge in [-0.15, -0.1) is 5.10 Å². The number of amides is 1. The van der Waals surface area contributed by atoms with E-state index in [0.717, 1.165) is 17.8 Å². The Kier molecular flexibility index (Phi) is 4.99. The van der Waals surface area contributed by atoms with E-state index < -0.39 is 0 Å². The van der Waals surface area contributed by atoms with Crippen molar-refractivity contribution in [2.45, 2.75) is 33.2 Å². The maximum Gasteiger partial charge on any atom is 0.238 e. The van der Waals surface area contributed by atoms with Gasteiger partial charge in [0.25, 0.3) is 0 Å². The third kappa shape index (κ3) is 4.09. The lowest BCUT2D eigenvalue weighted by Crippen LogP contribution is -2.33. The molecule has 0 fully saturated rings. The molecule has 112 valence electrons. The second-order valence-corrected chi connectivity index (χ2v) is 4.93. The molecule has 7 heteroatoms. The molecule has 1 atom stereocenters. The van der Waals surface area contributed by atoms with Crippen LogP contribution in [0.5, 0.6) is 0 Å². The first kappa shape index (κ1) is 15.1. The van der Waals surface area contributed by atoms with Gasteiger partial charge in [0, 0.05) is 11.7 Å². The van der Waals surface area contributed by atoms with Crippen molar-refractivity contribution in [2.75, 3.05) is 11.9 Å². The highest BCUT2D eigenvalue weighted by Gasteiger charge is 2.07. The third-order valence-corrected chi connectivity index (χ3v) is 3.22. The summed E-state index contributed by atoms with van der Waals surface area (Å²) in [6, 6.07) is 7.74. The zero-order chi connectivity index (χ0) is 15.2. The van der Waals surface area contributed by atoms with E-state index in [-0.39, 0.29) is 5.91 Å². The van der Waals surface area contributed by atoms with Crippen molar-refractivity contribution < 1.29 is 4.79 Å². The van der Waals surface area contributed by atoms with Crippen LogP contribution in [0.3, 0.4) is 0 Å². The highest BCUT2D eigenvalue weighted by molar-refractivity contribution is 5.92. The normalized spacial score (nSPS) is 12.1. The quantitative estimate of drug-likeness (QED) is 0.837. The molecule has 1 aromatic heterocycles. The lowest BCUT2D eigenvalue weighted by molar-refractivity contribution is -0.115. The fourth-order valence-electron chi connectivity index (χ4n) is 1.80. The summed E-state index contributed by atoms with van der Waals surface area (Å²) < 4.78 is 1.62. The van der Waals surface area contributed by atoms with Crippen LogP contribution in [-0.4, -0.2) is 38.7 Å². The molecule has 2 rings (SSSR count). The van der Waals surface area contributed by atoms with Crippen LogP contribution in [0.1, 0.15) is 26.1 Å². The molecule has 2 aromatic rings. The van der Waals surface area contributed by atoms with Gasteiger partial charge < -0.3 is 10.6 Å². The lowest BCUT2D eigenvalue weighted by Gasteiger charge is -2.12. The number of rotatable bonds is 6. The summed E-state index contributed by atoms with van der Waals surface area (Å²) in [5.74, 6) is 0.623. The molecule has 0 aliphatic heterocycles. The van der Waals surface area contributed by atoms with E-state index in [2.05, 4.69) is 33.1 Å². The number of carbonyl (C=O) groups excluding carboxylic acids is 1. The van der Waals surface area contributed by atoms with E-state index in [1.165, 1.54) is 0 Å². The predicted octanol–water partition coefficient (Wildman–Crippen LogP) is 1.30. The maximum absolute atomic E-state index is 11.9. The van der Waals surface area contributed by atoms with Crippen LogP contribution >= 0.6 is 0 Å². The van der Waals surface area contributed by atoms with E-state index in [0.29, 0.717) is 18.4 Å². The summed E-state index contributed by atoms with van der Waals surface area (Å²) >= 11 is 0. The molecule has 0 bridgehead atoms. The average Bonchev–Trinajstić information content (AvgIpc) is 2.91. The second-order valence-electron chi connectivity index (χ2n) is 4.93. The molecule has 0 saturated heterocycles. The fraction of sp³-hybridized carbons (Fsp3) is 0.429. The van der Waals surface area contributed by atoms with Gasteiger partial charge in [-0.2, -0.15) is 4.68 Å². The molecular weight excluding hydrogens is 268 g/mol. The van der Waals surface area contributed by atoms with Crippen molar-refractivity contribution in [3.05, 3.63) is 30.1 Å². The summed E-state index contributed by atoms with van der Waals surface area (Å²) in [7, 11) is 0. The van der Waals surface area contributed by atoms with Crippen LogP contribution in [0.2, 0.25) is 0 Å². The van der Waals surface area contributed by atoms with Crippen molar-refractivity contribution >= 4 is 11.6 Å². The smallest absolute Gasteiger partial charge is 0.238 e. The number of carbonyl (C=O) groups is 1. The Morgan fingerprint density at radius 1 is 1.43 bits per heavy atom. The zero-order valence-corrected chi connectivity index (χ0v) is 12.5. The zero-order valence-electron chi connectivity index (χ0n) is 12.5. The highest BCUT2D eigenvalue weighted by Crippen LogP contribution is 2.14. The van der Waals surface area contributed by atoms with Gasteiger partial charge in [0.15, 0.2) is 5.82 Å². The van der Waals surface area contributed by atoms with E-state index >= 15 is 0 Å². The summed E-state index contributed by atoms with van der Waals surface area (Å²) in [4.78, 5) is 11.9. The van der Waals surface area contributed by atoms with Gasteiger partial charge >= 0.3 is 0 Å². The van der Waals surface area contributed by atoms with E-state index in [4.69, 9.17) is 0 Å². The van der Waals surface area contributed by atoms with Gasteiger partial charge in [-0.05, 0) is 48.9 Å². The topological polar surface area (TPSA) is 84.7 Å². The summed E-state index contributed by atoms with van der Waals surface area (Å²) in [6.45, 7) is 6.24. The number of nitrogens with one attached hydrogen (secondary N) is 2. The Morgan fingerprint density at radius 2 is 2.24 bits per heavy atom. The van der Waals surface area contributed by atoms with Crippen molar-refractivity contribution in [1.29, 1.82) is 0 Å². The monoisotopic (exact) mass is 288 g/mol. The largest absolute Gasteiger partial charge is 0.325 e. The summed E-state index contributed by atoms with van der Waals surface area (Å²) in [6.07, 6.45) is 0.987. The predicted molar refractivity (Wildman–Crippen MR) is 80.3 cm³/mol. The molecule has 1 aromatic carbocycles. The number of aryl methyl sites for hydroxylation is 1. The summed E-state index contributed by atoms with van der Waals surface area (Å²) in [5, 5.41) is 17.4. The molecule has 1 unspecified atom stereocenters. The van der Waals surface area contributed by atoms with Crippen LogP contribution < -0.4 is 10.6 Å². The third-order valence-electron chi connectivity index (χ3n) is 3.22. The number of benzene rings is 1. The SMILES string of the molecule is CCC(C)NCC(=O)Nc1cccc(-n2nnnc2C)c1. The maximum atomic E-state index is 11.9. The van der Waals surface area contributed by atoms with Crippen molar-refractivity contribution in [3.8, 4) is 5.69 Å². The molecule has 2 N–H and O–H groups in total. The number of tetrazole rings is 1. The van der Waals surface area contributed by atoms with Crippen LogP contribution in [0, 0.1) is 6.92 Å². The molecule has 21 heavy (non-hydrogen) atoms. The number of aromatic nitrogens is 4. The standard InChI is InChI=1S/C14H20N6O/c1-4-10(2)15-9-14(21)16-12-6-5-7-13(8-12)20-11(3)17-18-19-20/h5-8,10,15H,4,9H2,1-3H3,(H,16,21). The minimum absolute atomic E-state index is 0.0686. The highest BCUT2D eigenvalue weighted by atomic mass is 16.1. The second kappa shape index (κ2) is 6.94. The summed E-state index contributed by atoms with van der Waals surface area (Å²) in [5.41, 5.74) is 1.53. The molecule has 1 heterocycles. The number of nitrogens with zero attached hydrogens (tertiary/aromatic N) is 4. The molecule has 0 aliphatic rings. The first-order valence-corrected chi connectivity index (χ1v) is 6.98. The number of hydrogen-bond donors (Lipinski definition) is 2. The first-order valence-electron chi connectivity index (χ1n) is 6.98. The molecule has 0 spiro atoms. The van der Waals surface area contributed by atoms with Crippen molar-refractivity contribution in [2.24, 2.45) is 0 Å². The van der Waals surface area contributed by atoms with E-state index in [9.17, 15) is 4.79 Å². The Balaban J connectivity index is 2.02. The molecule has 1 amide bonds. The van der Waals surface area contributed by atoms with Gasteiger partial charge in [-0.25, -0.2) is 0 Å². The molecular formula is C14H20N6O. The van der Waals surface area contributed by atoms with Crippen LogP contribution in [0.15, 0.2) is 24.3 Å². The minimum Gasteiger partial charge on any atom is -0.325 e. The van der Waals surface area contributed by atoms with Crippen LogP contribution in [0.25, 0.3) is 5.69 Å². The van der Waals surface area contributed by atoms with Gasteiger partial charge in [0.2, 0.25) is 5.91 Å². The lowest BCUT2D eigenvalue weighted by atomic mass is 10.2. The Hall–Kier alpha value is -2.28. The Bertz CT molecular complexity index is 609. The average molecular weight is 288 g/mol. The van der Waals surface area contributed by atoms with Crippen molar-refractivity contribution in [3.63, 3.8) is 0 Å². The van der Waals surface area contributed by atoms with Gasteiger partial charge in [0.05, 0.1) is 12.2 Å². The minimum atomic E-state index is -0.0686. The molecule has 0 saturated carbocycles. The fourth-order valence-corrected chi connectivity index (χ4v) is 1.80. The van der Waals surface area contributed by atoms with Gasteiger partial charge in [-0.1, -0.05) is 13.0 Å². The Labute approximate surface area is 123 Å². The van der Waals surface area contributed by atoms with Crippen LogP contribution in [0.4, 0.5) is 5.69 Å². The molecule has 0 radical (unpaired) electrons. The Morgan fingerprint density at radius 3 is 2.90 bits per heavy atom. The van der Waals surface area contributed by atoms with Gasteiger partial charge in [0.1, 0.15) is 0 Å². The van der Waals surface area contributed by atoms with Gasteiger partial charge in [-0.3, -0.25) is 4.79 Å². The first-order chi connectivity index (χ1) is 10.1. The number of hydrogen-bond acceptors (Lipinski definition) is 5.